The van der Waals surface area contributed by atoms with Gasteiger partial charge in [0, 0.05) is 24.0 Å². The van der Waals surface area contributed by atoms with Crippen molar-refractivity contribution in [3.05, 3.63) is 71.5 Å². The molecule has 2 aromatic heterocycles. The second kappa shape index (κ2) is 8.67. The fraction of sp³-hybridized carbons (Fsp3) is 0.333. The van der Waals surface area contributed by atoms with E-state index >= 15 is 0 Å². The number of aromatic nitrogens is 3. The van der Waals surface area contributed by atoms with Crippen molar-refractivity contribution in [1.82, 2.24) is 19.4 Å². The van der Waals surface area contributed by atoms with E-state index in [1.54, 1.807) is 35.6 Å². The van der Waals surface area contributed by atoms with E-state index in [-0.39, 0.29) is 5.92 Å². The number of nitrogens with zero attached hydrogens (tertiary/aromatic N) is 4. The molecule has 1 aliphatic rings. The minimum atomic E-state index is -4.46. The van der Waals surface area contributed by atoms with Gasteiger partial charge < -0.3 is 4.57 Å². The average Bonchev–Trinajstić information content (AvgIpc) is 3.41. The highest BCUT2D eigenvalue weighted by Crippen LogP contribution is 2.33. The minimum absolute atomic E-state index is 0.195. The number of hydrogen-bond acceptors (Lipinski definition) is 4. The molecular formula is C24H23F3N4S. The Morgan fingerprint density at radius 3 is 2.41 bits per heavy atom. The SMILES string of the molecule is FC(F)(F)c1nc2ccccc2n1CC1CCN(Cc2csc(-c3ccccc3)n2)CC1. The van der Waals surface area contributed by atoms with E-state index in [0.29, 0.717) is 17.6 Å². The third kappa shape index (κ3) is 4.42. The zero-order valence-electron chi connectivity index (χ0n) is 17.4. The fourth-order valence-electron chi connectivity index (χ4n) is 4.38. The number of likely N-dealkylation sites (tertiary alicyclic amines) is 1. The molecule has 4 aromatic rings. The molecule has 1 fully saturated rings. The van der Waals surface area contributed by atoms with Gasteiger partial charge in [-0.25, -0.2) is 9.97 Å². The summed E-state index contributed by atoms with van der Waals surface area (Å²) in [5.74, 6) is -0.600. The van der Waals surface area contributed by atoms with E-state index < -0.39 is 12.0 Å². The zero-order valence-corrected chi connectivity index (χ0v) is 18.2. The summed E-state index contributed by atoms with van der Waals surface area (Å²) in [7, 11) is 0. The monoisotopic (exact) mass is 456 g/mol. The molecule has 0 bridgehead atoms. The third-order valence-corrected chi connectivity index (χ3v) is 6.95. The molecule has 3 heterocycles. The Balaban J connectivity index is 1.23. The lowest BCUT2D eigenvalue weighted by atomic mass is 9.96. The van der Waals surface area contributed by atoms with Crippen molar-refractivity contribution in [2.45, 2.75) is 32.1 Å². The van der Waals surface area contributed by atoms with E-state index in [2.05, 4.69) is 27.4 Å². The summed E-state index contributed by atoms with van der Waals surface area (Å²) in [5.41, 5.74) is 3.12. The summed E-state index contributed by atoms with van der Waals surface area (Å²) in [6.45, 7) is 2.84. The van der Waals surface area contributed by atoms with Crippen LogP contribution in [0.15, 0.2) is 60.0 Å². The molecule has 0 spiro atoms. The number of alkyl halides is 3. The number of rotatable bonds is 5. The van der Waals surface area contributed by atoms with Gasteiger partial charge in [0.15, 0.2) is 0 Å². The van der Waals surface area contributed by atoms with E-state index in [9.17, 15) is 13.2 Å². The summed E-state index contributed by atoms with van der Waals surface area (Å²) in [6.07, 6.45) is -2.74. The van der Waals surface area contributed by atoms with Crippen molar-refractivity contribution in [3.63, 3.8) is 0 Å². The van der Waals surface area contributed by atoms with Gasteiger partial charge >= 0.3 is 6.18 Å². The predicted molar refractivity (Wildman–Crippen MR) is 120 cm³/mol. The molecule has 8 heteroatoms. The Labute approximate surface area is 188 Å². The zero-order chi connectivity index (χ0) is 22.1. The quantitative estimate of drug-likeness (QED) is 0.364. The molecule has 2 aromatic carbocycles. The molecule has 0 atom stereocenters. The van der Waals surface area contributed by atoms with Crippen molar-refractivity contribution in [2.75, 3.05) is 13.1 Å². The molecule has 0 saturated carbocycles. The van der Waals surface area contributed by atoms with Crippen molar-refractivity contribution in [3.8, 4) is 10.6 Å². The number of piperidine rings is 1. The van der Waals surface area contributed by atoms with Crippen LogP contribution in [0.5, 0.6) is 0 Å². The molecule has 166 valence electrons. The second-order valence-corrected chi connectivity index (χ2v) is 9.12. The highest BCUT2D eigenvalue weighted by molar-refractivity contribution is 7.13. The van der Waals surface area contributed by atoms with E-state index in [1.165, 1.54) is 4.57 Å². The third-order valence-electron chi connectivity index (χ3n) is 6.01. The van der Waals surface area contributed by atoms with Crippen LogP contribution in [0, 0.1) is 5.92 Å². The minimum Gasteiger partial charge on any atom is -0.320 e. The molecule has 32 heavy (non-hydrogen) atoms. The van der Waals surface area contributed by atoms with Gasteiger partial charge in [-0.05, 0) is 44.0 Å². The molecule has 1 saturated heterocycles. The summed E-state index contributed by atoms with van der Waals surface area (Å²) in [6, 6.07) is 17.0. The van der Waals surface area contributed by atoms with Crippen LogP contribution < -0.4 is 0 Å². The number of imidazole rings is 1. The van der Waals surface area contributed by atoms with E-state index in [1.807, 2.05) is 18.2 Å². The summed E-state index contributed by atoms with van der Waals surface area (Å²) in [4.78, 5) is 11.0. The molecule has 0 radical (unpaired) electrons. The van der Waals surface area contributed by atoms with Gasteiger partial charge in [0.25, 0.3) is 0 Å². The van der Waals surface area contributed by atoms with Gasteiger partial charge in [-0.2, -0.15) is 13.2 Å². The van der Waals surface area contributed by atoms with Gasteiger partial charge in [0.2, 0.25) is 5.82 Å². The number of halogens is 3. The van der Waals surface area contributed by atoms with E-state index in [4.69, 9.17) is 4.98 Å². The van der Waals surface area contributed by atoms with Crippen LogP contribution in [0.3, 0.4) is 0 Å². The van der Waals surface area contributed by atoms with Gasteiger partial charge in [0.05, 0.1) is 16.7 Å². The van der Waals surface area contributed by atoms with Gasteiger partial charge in [0.1, 0.15) is 5.01 Å². The maximum absolute atomic E-state index is 13.6. The first-order chi connectivity index (χ1) is 15.5. The largest absolute Gasteiger partial charge is 0.449 e. The number of fused-ring (bicyclic) bond motifs is 1. The summed E-state index contributed by atoms with van der Waals surface area (Å²) in [5, 5.41) is 3.11. The standard InChI is InChI=1S/C24H23F3N4S/c25-24(26,27)23-29-20-8-4-5-9-21(20)31(23)14-17-10-12-30(13-11-17)15-19-16-32-22(28-19)18-6-2-1-3-7-18/h1-9,16-17H,10-15H2. The van der Waals surface area contributed by atoms with Gasteiger partial charge in [-0.1, -0.05) is 42.5 Å². The van der Waals surface area contributed by atoms with Crippen LogP contribution in [0.1, 0.15) is 24.4 Å². The molecule has 0 unspecified atom stereocenters. The molecule has 5 rings (SSSR count). The van der Waals surface area contributed by atoms with Crippen molar-refractivity contribution in [1.29, 1.82) is 0 Å². The van der Waals surface area contributed by atoms with Crippen LogP contribution in [0.2, 0.25) is 0 Å². The van der Waals surface area contributed by atoms with Crippen LogP contribution in [-0.2, 0) is 19.3 Å². The van der Waals surface area contributed by atoms with Gasteiger partial charge in [-0.15, -0.1) is 11.3 Å². The average molecular weight is 457 g/mol. The Bertz CT molecular complexity index is 1190. The summed E-state index contributed by atoms with van der Waals surface area (Å²) < 4.78 is 42.1. The second-order valence-electron chi connectivity index (χ2n) is 8.26. The number of para-hydroxylation sites is 2. The molecule has 1 aliphatic heterocycles. The molecule has 4 nitrogen and oxygen atoms in total. The fourth-order valence-corrected chi connectivity index (χ4v) is 5.20. The molecule has 0 N–H and O–H groups in total. The first-order valence-corrected chi connectivity index (χ1v) is 11.6. The normalized spacial score (nSPS) is 16.1. The maximum atomic E-state index is 13.6. The summed E-state index contributed by atoms with van der Waals surface area (Å²) >= 11 is 1.64. The molecule has 0 amide bonds. The first-order valence-electron chi connectivity index (χ1n) is 10.7. The number of hydrogen-bond donors (Lipinski definition) is 0. The Morgan fingerprint density at radius 2 is 1.66 bits per heavy atom. The van der Waals surface area contributed by atoms with Crippen LogP contribution in [-0.4, -0.2) is 32.5 Å². The lowest BCUT2D eigenvalue weighted by Crippen LogP contribution is -2.35. The Kier molecular flexibility index (Phi) is 5.73. The smallest absolute Gasteiger partial charge is 0.320 e. The van der Waals surface area contributed by atoms with Crippen molar-refractivity contribution in [2.24, 2.45) is 5.92 Å². The molecular weight excluding hydrogens is 433 g/mol. The van der Waals surface area contributed by atoms with E-state index in [0.717, 1.165) is 48.7 Å². The van der Waals surface area contributed by atoms with Crippen molar-refractivity contribution >= 4 is 22.4 Å². The highest BCUT2D eigenvalue weighted by atomic mass is 32.1. The topological polar surface area (TPSA) is 34.0 Å². The Hall–Kier alpha value is -2.71. The number of benzene rings is 2. The van der Waals surface area contributed by atoms with Gasteiger partial charge in [-0.3, -0.25) is 4.90 Å². The van der Waals surface area contributed by atoms with Crippen LogP contribution in [0.25, 0.3) is 21.6 Å². The van der Waals surface area contributed by atoms with Crippen LogP contribution >= 0.6 is 11.3 Å². The lowest BCUT2D eigenvalue weighted by molar-refractivity contribution is -0.147. The molecule has 0 aliphatic carbocycles. The highest BCUT2D eigenvalue weighted by Gasteiger charge is 2.38. The maximum Gasteiger partial charge on any atom is 0.449 e. The predicted octanol–water partition coefficient (Wildman–Crippen LogP) is 6.09. The van der Waals surface area contributed by atoms with Crippen LogP contribution in [0.4, 0.5) is 13.2 Å². The first kappa shape index (κ1) is 21.2. The van der Waals surface area contributed by atoms with Crippen molar-refractivity contribution < 1.29 is 13.2 Å². The Morgan fingerprint density at radius 1 is 0.938 bits per heavy atom. The lowest BCUT2D eigenvalue weighted by Gasteiger charge is -2.32. The number of thiazole rings is 1.